The van der Waals surface area contributed by atoms with Gasteiger partial charge in [0.2, 0.25) is 0 Å². The van der Waals surface area contributed by atoms with E-state index in [4.69, 9.17) is 11.5 Å². The third kappa shape index (κ3) is 3.57. The Hall–Kier alpha value is -1.34. The van der Waals surface area contributed by atoms with Crippen LogP contribution in [0.4, 0.5) is 10.8 Å². The molecule has 0 atom stereocenters. The first kappa shape index (κ1) is 14.1. The molecule has 0 aliphatic carbocycles. The van der Waals surface area contributed by atoms with Gasteiger partial charge < -0.3 is 21.7 Å². The number of nitrogens with one attached hydrogen (secondary N) is 1. The van der Waals surface area contributed by atoms with Crippen molar-refractivity contribution in [3.63, 3.8) is 0 Å². The standard InChI is InChI=1S/C12H21N5OS/c1-8-2-5-17(6-3-8)7-4-15-12-9(11(14)18)10(13)16-19-12/h8,15H,2-7H2,1H3,(H2,13,16)(H2,14,18). The molecule has 1 aromatic rings. The molecule has 1 aromatic heterocycles. The lowest BCUT2D eigenvalue weighted by Crippen LogP contribution is -2.36. The summed E-state index contributed by atoms with van der Waals surface area (Å²) in [6.45, 7) is 6.33. The summed E-state index contributed by atoms with van der Waals surface area (Å²) in [5.74, 6) is 0.527. The lowest BCUT2D eigenvalue weighted by molar-refractivity contribution is 0.100. The SMILES string of the molecule is CC1CCN(CCNc2snc(N)c2C(N)=O)CC1. The number of nitrogens with two attached hydrogens (primary N) is 2. The monoisotopic (exact) mass is 283 g/mol. The van der Waals surface area contributed by atoms with Gasteiger partial charge in [-0.3, -0.25) is 4.79 Å². The second kappa shape index (κ2) is 6.21. The minimum absolute atomic E-state index is 0.215. The maximum absolute atomic E-state index is 11.3. The van der Waals surface area contributed by atoms with Crippen molar-refractivity contribution in [3.8, 4) is 0 Å². The number of primary amides is 1. The second-order valence-corrected chi connectivity index (χ2v) is 5.86. The van der Waals surface area contributed by atoms with Crippen LogP contribution in [0.25, 0.3) is 0 Å². The van der Waals surface area contributed by atoms with Crippen molar-refractivity contribution in [2.45, 2.75) is 19.8 Å². The molecule has 2 rings (SSSR count). The summed E-state index contributed by atoms with van der Waals surface area (Å²) >= 11 is 1.19. The quantitative estimate of drug-likeness (QED) is 0.748. The molecule has 0 saturated carbocycles. The Morgan fingerprint density at radius 3 is 2.84 bits per heavy atom. The molecule has 5 N–H and O–H groups in total. The van der Waals surface area contributed by atoms with E-state index in [1.807, 2.05) is 0 Å². The number of nitrogen functional groups attached to an aromatic ring is 1. The van der Waals surface area contributed by atoms with Crippen LogP contribution in [-0.4, -0.2) is 41.4 Å². The highest BCUT2D eigenvalue weighted by Gasteiger charge is 2.18. The molecule has 2 heterocycles. The Balaban J connectivity index is 1.81. The van der Waals surface area contributed by atoms with Crippen LogP contribution in [0.5, 0.6) is 0 Å². The van der Waals surface area contributed by atoms with Crippen LogP contribution < -0.4 is 16.8 Å². The van der Waals surface area contributed by atoms with Crippen LogP contribution in [0, 0.1) is 5.92 Å². The first-order chi connectivity index (χ1) is 9.08. The van der Waals surface area contributed by atoms with Gasteiger partial charge in [0, 0.05) is 13.1 Å². The topological polar surface area (TPSA) is 97.3 Å². The molecular weight excluding hydrogens is 262 g/mol. The van der Waals surface area contributed by atoms with E-state index in [-0.39, 0.29) is 5.82 Å². The molecule has 6 nitrogen and oxygen atoms in total. The van der Waals surface area contributed by atoms with Crippen LogP contribution >= 0.6 is 11.5 Å². The van der Waals surface area contributed by atoms with Gasteiger partial charge in [-0.05, 0) is 43.4 Å². The van der Waals surface area contributed by atoms with Crippen molar-refractivity contribution < 1.29 is 4.79 Å². The zero-order valence-corrected chi connectivity index (χ0v) is 12.0. The largest absolute Gasteiger partial charge is 0.382 e. The van der Waals surface area contributed by atoms with Crippen molar-refractivity contribution in [1.82, 2.24) is 9.27 Å². The van der Waals surface area contributed by atoms with Crippen LogP contribution in [0.3, 0.4) is 0 Å². The molecule has 0 radical (unpaired) electrons. The summed E-state index contributed by atoms with van der Waals surface area (Å²) in [4.78, 5) is 13.7. The molecule has 106 valence electrons. The Labute approximate surface area is 117 Å². The number of carbonyl (C=O) groups is 1. The number of hydrogen-bond donors (Lipinski definition) is 3. The van der Waals surface area contributed by atoms with Crippen molar-refractivity contribution in [3.05, 3.63) is 5.56 Å². The van der Waals surface area contributed by atoms with Crippen molar-refractivity contribution in [2.24, 2.45) is 11.7 Å². The molecule has 0 unspecified atom stereocenters. The predicted octanol–water partition coefficient (Wildman–Crippen LogP) is 0.968. The molecule has 0 bridgehead atoms. The number of aromatic nitrogens is 1. The summed E-state index contributed by atoms with van der Waals surface area (Å²) in [7, 11) is 0. The zero-order valence-electron chi connectivity index (χ0n) is 11.2. The van der Waals surface area contributed by atoms with Crippen LogP contribution in [0.15, 0.2) is 0 Å². The summed E-state index contributed by atoms with van der Waals surface area (Å²) in [5, 5.41) is 3.88. The molecule has 7 heteroatoms. The first-order valence-corrected chi connectivity index (χ1v) is 7.36. The van der Waals surface area contributed by atoms with E-state index in [9.17, 15) is 4.79 Å². The van der Waals surface area contributed by atoms with E-state index in [1.165, 1.54) is 24.4 Å². The van der Waals surface area contributed by atoms with Gasteiger partial charge in [0.1, 0.15) is 10.6 Å². The van der Waals surface area contributed by atoms with Gasteiger partial charge in [-0.15, -0.1) is 0 Å². The van der Waals surface area contributed by atoms with E-state index in [0.717, 1.165) is 32.1 Å². The number of rotatable bonds is 5. The molecule has 1 aliphatic rings. The summed E-state index contributed by atoms with van der Waals surface area (Å²) in [5.41, 5.74) is 11.2. The lowest BCUT2D eigenvalue weighted by Gasteiger charge is -2.30. The van der Waals surface area contributed by atoms with E-state index in [1.54, 1.807) is 0 Å². The molecule has 1 fully saturated rings. The number of nitrogens with zero attached hydrogens (tertiary/aromatic N) is 2. The number of hydrogen-bond acceptors (Lipinski definition) is 6. The van der Waals surface area contributed by atoms with Gasteiger partial charge in [0.05, 0.1) is 0 Å². The Morgan fingerprint density at radius 1 is 1.53 bits per heavy atom. The molecule has 0 spiro atoms. The predicted molar refractivity (Wildman–Crippen MR) is 78.4 cm³/mol. The number of piperidine rings is 1. The number of likely N-dealkylation sites (tertiary alicyclic amines) is 1. The first-order valence-electron chi connectivity index (χ1n) is 6.59. The van der Waals surface area contributed by atoms with E-state index < -0.39 is 5.91 Å². The highest BCUT2D eigenvalue weighted by atomic mass is 32.1. The van der Waals surface area contributed by atoms with Gasteiger partial charge in [-0.1, -0.05) is 6.92 Å². The third-order valence-electron chi connectivity index (χ3n) is 3.55. The molecule has 19 heavy (non-hydrogen) atoms. The molecule has 0 aromatic carbocycles. The lowest BCUT2D eigenvalue weighted by atomic mass is 9.99. The average molecular weight is 283 g/mol. The van der Waals surface area contributed by atoms with Gasteiger partial charge in [0.15, 0.2) is 5.82 Å². The van der Waals surface area contributed by atoms with Gasteiger partial charge in [-0.25, -0.2) is 0 Å². The fraction of sp³-hybridized carbons (Fsp3) is 0.667. The van der Waals surface area contributed by atoms with E-state index >= 15 is 0 Å². The maximum Gasteiger partial charge on any atom is 0.255 e. The minimum atomic E-state index is -0.527. The van der Waals surface area contributed by atoms with Crippen LogP contribution in [0.1, 0.15) is 30.1 Å². The molecule has 1 amide bonds. The van der Waals surface area contributed by atoms with Gasteiger partial charge in [0.25, 0.3) is 5.91 Å². The van der Waals surface area contributed by atoms with Crippen molar-refractivity contribution in [1.29, 1.82) is 0 Å². The molecular formula is C12H21N5OS. The van der Waals surface area contributed by atoms with Gasteiger partial charge in [-0.2, -0.15) is 4.37 Å². The third-order valence-corrected chi connectivity index (χ3v) is 4.37. The summed E-state index contributed by atoms with van der Waals surface area (Å²) in [6.07, 6.45) is 2.53. The van der Waals surface area contributed by atoms with Crippen molar-refractivity contribution >= 4 is 28.3 Å². The Bertz CT molecular complexity index is 439. The average Bonchev–Trinajstić information content (AvgIpc) is 2.73. The van der Waals surface area contributed by atoms with Crippen molar-refractivity contribution in [2.75, 3.05) is 37.2 Å². The number of anilines is 2. The second-order valence-electron chi connectivity index (χ2n) is 5.09. The van der Waals surface area contributed by atoms with Gasteiger partial charge >= 0.3 is 0 Å². The Kier molecular flexibility index (Phi) is 4.60. The summed E-state index contributed by atoms with van der Waals surface area (Å²) < 4.78 is 3.96. The highest BCUT2D eigenvalue weighted by Crippen LogP contribution is 2.25. The number of carbonyl (C=O) groups excluding carboxylic acids is 1. The Morgan fingerprint density at radius 2 is 2.21 bits per heavy atom. The zero-order chi connectivity index (χ0) is 13.8. The smallest absolute Gasteiger partial charge is 0.255 e. The van der Waals surface area contributed by atoms with Crippen LogP contribution in [-0.2, 0) is 0 Å². The molecule has 1 aliphatic heterocycles. The van der Waals surface area contributed by atoms with E-state index in [2.05, 4.69) is 21.5 Å². The minimum Gasteiger partial charge on any atom is -0.382 e. The van der Waals surface area contributed by atoms with E-state index in [0.29, 0.717) is 10.6 Å². The normalized spacial score (nSPS) is 17.5. The highest BCUT2D eigenvalue weighted by molar-refractivity contribution is 7.11. The maximum atomic E-state index is 11.3. The molecule has 1 saturated heterocycles. The van der Waals surface area contributed by atoms with Crippen LogP contribution in [0.2, 0.25) is 0 Å². The fourth-order valence-electron chi connectivity index (χ4n) is 2.27. The fourth-order valence-corrected chi connectivity index (χ4v) is 3.02. The summed E-state index contributed by atoms with van der Waals surface area (Å²) in [6, 6.07) is 0. The number of amides is 1.